The van der Waals surface area contributed by atoms with Crippen LogP contribution in [0.1, 0.15) is 33.1 Å². The van der Waals surface area contributed by atoms with Gasteiger partial charge in [0.15, 0.2) is 0 Å². The van der Waals surface area contributed by atoms with E-state index in [1.807, 2.05) is 11.8 Å². The molecule has 20 heavy (non-hydrogen) atoms. The second-order valence-corrected chi connectivity index (χ2v) is 5.89. The summed E-state index contributed by atoms with van der Waals surface area (Å²) >= 11 is 0. The first-order chi connectivity index (χ1) is 9.52. The van der Waals surface area contributed by atoms with Crippen molar-refractivity contribution in [2.24, 2.45) is 17.6 Å². The highest BCUT2D eigenvalue weighted by Gasteiger charge is 2.36. The molecule has 0 aliphatic heterocycles. The number of carbonyl (C=O) groups excluding carboxylic acids is 1. The van der Waals surface area contributed by atoms with Crippen LogP contribution in [0.2, 0.25) is 0 Å². The normalized spacial score (nSPS) is 28.1. The van der Waals surface area contributed by atoms with E-state index in [1.165, 1.54) is 0 Å². The van der Waals surface area contributed by atoms with E-state index in [-0.39, 0.29) is 29.8 Å². The van der Waals surface area contributed by atoms with Crippen LogP contribution in [0.3, 0.4) is 0 Å². The molecule has 0 radical (unpaired) electrons. The molecule has 0 heterocycles. The Morgan fingerprint density at radius 3 is 2.65 bits per heavy atom. The Hall–Kier alpha value is -0.650. The average Bonchev–Trinajstić information content (AvgIpc) is 2.42. The lowest BCUT2D eigenvalue weighted by Gasteiger charge is -2.38. The Kier molecular flexibility index (Phi) is 7.48. The summed E-state index contributed by atoms with van der Waals surface area (Å²) in [4.78, 5) is 14.7. The average molecular weight is 286 g/mol. The molecule has 0 spiro atoms. The lowest BCUT2D eigenvalue weighted by molar-refractivity contribution is -0.142. The topological polar surface area (TPSA) is 64.8 Å². The molecule has 1 rings (SSSR count). The third-order valence-electron chi connectivity index (χ3n) is 4.44. The summed E-state index contributed by atoms with van der Waals surface area (Å²) in [5.41, 5.74) is 6.12. The van der Waals surface area contributed by atoms with Gasteiger partial charge in [-0.25, -0.2) is 0 Å². The summed E-state index contributed by atoms with van der Waals surface area (Å²) in [6.07, 6.45) is 3.01. The zero-order valence-corrected chi connectivity index (χ0v) is 13.3. The summed E-state index contributed by atoms with van der Waals surface area (Å²) < 4.78 is 10.3. The van der Waals surface area contributed by atoms with Crippen LogP contribution in [0, 0.1) is 11.8 Å². The fourth-order valence-corrected chi connectivity index (χ4v) is 3.03. The van der Waals surface area contributed by atoms with E-state index in [1.54, 1.807) is 14.2 Å². The SMILES string of the molecule is COCCN(C(=O)C1CCCC(N)C1C)C(C)COC. The molecule has 1 aliphatic rings. The van der Waals surface area contributed by atoms with Crippen molar-refractivity contribution in [1.29, 1.82) is 0 Å². The Labute approximate surface area is 122 Å². The molecule has 0 saturated heterocycles. The van der Waals surface area contributed by atoms with Gasteiger partial charge < -0.3 is 20.1 Å². The van der Waals surface area contributed by atoms with E-state index in [0.29, 0.717) is 19.8 Å². The maximum Gasteiger partial charge on any atom is 0.226 e. The number of methoxy groups -OCH3 is 2. The molecule has 0 aromatic heterocycles. The van der Waals surface area contributed by atoms with Crippen LogP contribution >= 0.6 is 0 Å². The van der Waals surface area contributed by atoms with Crippen molar-refractivity contribution in [2.45, 2.75) is 45.2 Å². The van der Waals surface area contributed by atoms with Crippen LogP contribution in [0.15, 0.2) is 0 Å². The third kappa shape index (κ3) is 4.43. The molecule has 4 atom stereocenters. The summed E-state index contributed by atoms with van der Waals surface area (Å²) in [5.74, 6) is 0.486. The molecule has 4 unspecified atom stereocenters. The number of carbonyl (C=O) groups is 1. The molecule has 0 aromatic rings. The van der Waals surface area contributed by atoms with E-state index in [2.05, 4.69) is 6.92 Å². The zero-order valence-electron chi connectivity index (χ0n) is 13.3. The van der Waals surface area contributed by atoms with Gasteiger partial charge in [0, 0.05) is 32.7 Å². The van der Waals surface area contributed by atoms with Crippen molar-refractivity contribution in [3.63, 3.8) is 0 Å². The van der Waals surface area contributed by atoms with E-state index >= 15 is 0 Å². The highest BCUT2D eigenvalue weighted by molar-refractivity contribution is 5.79. The third-order valence-corrected chi connectivity index (χ3v) is 4.44. The Morgan fingerprint density at radius 1 is 1.35 bits per heavy atom. The molecule has 1 aliphatic carbocycles. The van der Waals surface area contributed by atoms with Gasteiger partial charge in [0.2, 0.25) is 5.91 Å². The maximum absolute atomic E-state index is 12.8. The minimum atomic E-state index is 0.0370. The second kappa shape index (κ2) is 8.60. The lowest BCUT2D eigenvalue weighted by atomic mass is 9.76. The smallest absolute Gasteiger partial charge is 0.226 e. The number of hydrogen-bond donors (Lipinski definition) is 1. The zero-order chi connectivity index (χ0) is 15.1. The van der Waals surface area contributed by atoms with Crippen molar-refractivity contribution in [3.8, 4) is 0 Å². The van der Waals surface area contributed by atoms with Gasteiger partial charge in [-0.05, 0) is 25.7 Å². The Balaban J connectivity index is 2.74. The highest BCUT2D eigenvalue weighted by Crippen LogP contribution is 2.30. The predicted molar refractivity (Wildman–Crippen MR) is 79.4 cm³/mol. The molecule has 0 bridgehead atoms. The summed E-state index contributed by atoms with van der Waals surface area (Å²) in [5, 5.41) is 0. The standard InChI is InChI=1S/C15H30N2O3/c1-11(10-20-4)17(8-9-19-3)15(18)13-6-5-7-14(16)12(13)2/h11-14H,5-10,16H2,1-4H3. The Morgan fingerprint density at radius 2 is 2.05 bits per heavy atom. The molecule has 1 amide bonds. The number of nitrogens with two attached hydrogens (primary N) is 1. The van der Waals surface area contributed by atoms with Crippen LogP contribution in [0.25, 0.3) is 0 Å². The van der Waals surface area contributed by atoms with Crippen molar-refractivity contribution in [2.75, 3.05) is 34.0 Å². The number of amides is 1. The molecular formula is C15H30N2O3. The minimum absolute atomic E-state index is 0.0370. The molecule has 5 heteroatoms. The van der Waals surface area contributed by atoms with Crippen molar-refractivity contribution < 1.29 is 14.3 Å². The van der Waals surface area contributed by atoms with Crippen LogP contribution in [0.5, 0.6) is 0 Å². The van der Waals surface area contributed by atoms with Gasteiger partial charge in [-0.3, -0.25) is 4.79 Å². The molecule has 0 aromatic carbocycles. The van der Waals surface area contributed by atoms with Crippen LogP contribution in [-0.4, -0.2) is 56.9 Å². The van der Waals surface area contributed by atoms with Crippen molar-refractivity contribution >= 4 is 5.91 Å². The summed E-state index contributed by atoms with van der Waals surface area (Å²) in [6, 6.07) is 0.202. The van der Waals surface area contributed by atoms with Gasteiger partial charge >= 0.3 is 0 Å². The number of hydrogen-bond acceptors (Lipinski definition) is 4. The number of rotatable bonds is 7. The van der Waals surface area contributed by atoms with Gasteiger partial charge in [-0.1, -0.05) is 13.3 Å². The van der Waals surface area contributed by atoms with E-state index in [0.717, 1.165) is 19.3 Å². The molecule has 118 valence electrons. The predicted octanol–water partition coefficient (Wildman–Crippen LogP) is 1.26. The van der Waals surface area contributed by atoms with E-state index < -0.39 is 0 Å². The minimum Gasteiger partial charge on any atom is -0.383 e. The monoisotopic (exact) mass is 286 g/mol. The first-order valence-electron chi connectivity index (χ1n) is 7.56. The van der Waals surface area contributed by atoms with Crippen LogP contribution in [0.4, 0.5) is 0 Å². The van der Waals surface area contributed by atoms with Crippen LogP contribution < -0.4 is 5.73 Å². The quantitative estimate of drug-likeness (QED) is 0.765. The largest absolute Gasteiger partial charge is 0.383 e. The maximum atomic E-state index is 12.8. The summed E-state index contributed by atoms with van der Waals surface area (Å²) in [7, 11) is 3.32. The molecular weight excluding hydrogens is 256 g/mol. The first-order valence-corrected chi connectivity index (χ1v) is 7.56. The Bertz CT molecular complexity index is 299. The second-order valence-electron chi connectivity index (χ2n) is 5.89. The van der Waals surface area contributed by atoms with E-state index in [9.17, 15) is 4.79 Å². The van der Waals surface area contributed by atoms with Gasteiger partial charge in [0.25, 0.3) is 0 Å². The molecule has 1 saturated carbocycles. The van der Waals surface area contributed by atoms with Gasteiger partial charge in [0.05, 0.1) is 19.3 Å². The fourth-order valence-electron chi connectivity index (χ4n) is 3.03. The lowest BCUT2D eigenvalue weighted by Crippen LogP contribution is -2.50. The number of ether oxygens (including phenoxy) is 2. The van der Waals surface area contributed by atoms with Crippen LogP contribution in [-0.2, 0) is 14.3 Å². The molecule has 5 nitrogen and oxygen atoms in total. The first kappa shape index (κ1) is 17.4. The van der Waals surface area contributed by atoms with Gasteiger partial charge in [-0.15, -0.1) is 0 Å². The molecule has 1 fully saturated rings. The highest BCUT2D eigenvalue weighted by atomic mass is 16.5. The number of nitrogens with zero attached hydrogens (tertiary/aromatic N) is 1. The van der Waals surface area contributed by atoms with E-state index in [4.69, 9.17) is 15.2 Å². The van der Waals surface area contributed by atoms with Gasteiger partial charge in [0.1, 0.15) is 0 Å². The van der Waals surface area contributed by atoms with Crippen molar-refractivity contribution in [3.05, 3.63) is 0 Å². The van der Waals surface area contributed by atoms with Crippen molar-refractivity contribution in [1.82, 2.24) is 4.90 Å². The fraction of sp³-hybridized carbons (Fsp3) is 0.933. The molecule has 2 N–H and O–H groups in total. The van der Waals surface area contributed by atoms with Gasteiger partial charge in [-0.2, -0.15) is 0 Å². The summed E-state index contributed by atoms with van der Waals surface area (Å²) in [6.45, 7) is 5.82.